The fourth-order valence-electron chi connectivity index (χ4n) is 3.53. The van der Waals surface area contributed by atoms with Gasteiger partial charge in [0.05, 0.1) is 12.5 Å². The third-order valence-electron chi connectivity index (χ3n) is 5.10. The monoisotopic (exact) mass is 370 g/mol. The number of aromatic nitrogens is 6. The standard InChI is InChI=1S/C21H18N6O/c1-13-14(2)27(16-4-6-17(28-3)7-5-16)20-18(13)21-24-19(25-26(21)12-23-20)15-8-10-22-11-9-15/h4-12H,1-3H3. The van der Waals surface area contributed by atoms with Crippen LogP contribution in [0.3, 0.4) is 0 Å². The van der Waals surface area contributed by atoms with Crippen LogP contribution < -0.4 is 4.74 Å². The van der Waals surface area contributed by atoms with E-state index in [2.05, 4.69) is 28.5 Å². The van der Waals surface area contributed by atoms with Crippen molar-refractivity contribution in [1.29, 1.82) is 0 Å². The molecule has 0 radical (unpaired) electrons. The third kappa shape index (κ3) is 2.36. The molecule has 138 valence electrons. The van der Waals surface area contributed by atoms with E-state index in [0.717, 1.165) is 44.9 Å². The second kappa shape index (κ2) is 6.16. The smallest absolute Gasteiger partial charge is 0.182 e. The normalized spacial score (nSPS) is 11.4. The summed E-state index contributed by atoms with van der Waals surface area (Å²) in [6.45, 7) is 4.19. The van der Waals surface area contributed by atoms with E-state index in [9.17, 15) is 0 Å². The van der Waals surface area contributed by atoms with Crippen LogP contribution in [-0.4, -0.2) is 36.2 Å². The molecule has 4 heterocycles. The van der Waals surface area contributed by atoms with Crippen molar-refractivity contribution in [3.63, 3.8) is 0 Å². The molecule has 28 heavy (non-hydrogen) atoms. The number of rotatable bonds is 3. The lowest BCUT2D eigenvalue weighted by molar-refractivity contribution is 0.415. The van der Waals surface area contributed by atoms with Crippen LogP contribution >= 0.6 is 0 Å². The van der Waals surface area contributed by atoms with Gasteiger partial charge in [-0.1, -0.05) is 0 Å². The maximum Gasteiger partial charge on any atom is 0.182 e. The van der Waals surface area contributed by atoms with Gasteiger partial charge in [-0.3, -0.25) is 9.55 Å². The first-order valence-corrected chi connectivity index (χ1v) is 8.95. The molecular weight excluding hydrogens is 352 g/mol. The maximum atomic E-state index is 5.28. The Kier molecular flexibility index (Phi) is 3.61. The molecule has 0 spiro atoms. The summed E-state index contributed by atoms with van der Waals surface area (Å²) in [4.78, 5) is 13.6. The van der Waals surface area contributed by atoms with Crippen LogP contribution in [0.25, 0.3) is 33.8 Å². The van der Waals surface area contributed by atoms with E-state index in [4.69, 9.17) is 14.7 Å². The minimum Gasteiger partial charge on any atom is -0.497 e. The van der Waals surface area contributed by atoms with Crippen molar-refractivity contribution in [2.24, 2.45) is 0 Å². The van der Waals surface area contributed by atoms with E-state index in [0.29, 0.717) is 5.82 Å². The third-order valence-corrected chi connectivity index (χ3v) is 5.10. The molecule has 0 saturated heterocycles. The zero-order valence-electron chi connectivity index (χ0n) is 15.8. The number of fused-ring (bicyclic) bond motifs is 3. The Morgan fingerprint density at radius 2 is 1.68 bits per heavy atom. The first kappa shape index (κ1) is 16.4. The van der Waals surface area contributed by atoms with E-state index in [1.54, 1.807) is 30.3 Å². The lowest BCUT2D eigenvalue weighted by Crippen LogP contribution is -1.99. The van der Waals surface area contributed by atoms with Crippen molar-refractivity contribution in [3.05, 3.63) is 66.4 Å². The maximum absolute atomic E-state index is 5.28. The Hall–Kier alpha value is -3.74. The summed E-state index contributed by atoms with van der Waals surface area (Å²) < 4.78 is 9.16. The van der Waals surface area contributed by atoms with E-state index >= 15 is 0 Å². The van der Waals surface area contributed by atoms with Gasteiger partial charge in [0.15, 0.2) is 17.1 Å². The van der Waals surface area contributed by atoms with E-state index < -0.39 is 0 Å². The van der Waals surface area contributed by atoms with Crippen LogP contribution in [0.4, 0.5) is 0 Å². The molecule has 0 bridgehead atoms. The second-order valence-corrected chi connectivity index (χ2v) is 6.63. The Morgan fingerprint density at radius 3 is 2.39 bits per heavy atom. The molecule has 5 aromatic rings. The Bertz CT molecular complexity index is 1300. The van der Waals surface area contributed by atoms with Gasteiger partial charge in [-0.05, 0) is 55.8 Å². The summed E-state index contributed by atoms with van der Waals surface area (Å²) in [7, 11) is 1.67. The molecule has 0 atom stereocenters. The number of nitrogens with zero attached hydrogens (tertiary/aromatic N) is 6. The van der Waals surface area contributed by atoms with Crippen molar-refractivity contribution in [1.82, 2.24) is 29.1 Å². The number of pyridine rings is 1. The molecule has 0 aliphatic heterocycles. The minimum absolute atomic E-state index is 0.658. The van der Waals surface area contributed by atoms with E-state index in [-0.39, 0.29) is 0 Å². The van der Waals surface area contributed by atoms with Gasteiger partial charge in [0.25, 0.3) is 0 Å². The fourth-order valence-corrected chi connectivity index (χ4v) is 3.53. The summed E-state index contributed by atoms with van der Waals surface area (Å²) in [5.41, 5.74) is 5.87. The van der Waals surface area contributed by atoms with Crippen molar-refractivity contribution in [3.8, 4) is 22.8 Å². The molecule has 1 aromatic carbocycles. The fraction of sp³-hybridized carbons (Fsp3) is 0.143. The molecule has 4 aromatic heterocycles. The molecule has 0 unspecified atom stereocenters. The highest BCUT2D eigenvalue weighted by Crippen LogP contribution is 2.31. The van der Waals surface area contributed by atoms with Gasteiger partial charge in [0.1, 0.15) is 12.1 Å². The van der Waals surface area contributed by atoms with E-state index in [1.807, 2.05) is 36.4 Å². The van der Waals surface area contributed by atoms with Crippen LogP contribution in [0.1, 0.15) is 11.3 Å². The Balaban J connectivity index is 1.76. The summed E-state index contributed by atoms with van der Waals surface area (Å²) >= 11 is 0. The summed E-state index contributed by atoms with van der Waals surface area (Å²) in [5.74, 6) is 1.48. The number of benzene rings is 1. The zero-order valence-corrected chi connectivity index (χ0v) is 15.8. The van der Waals surface area contributed by atoms with Crippen molar-refractivity contribution < 1.29 is 4.74 Å². The van der Waals surface area contributed by atoms with Gasteiger partial charge in [0.2, 0.25) is 0 Å². The Morgan fingerprint density at radius 1 is 0.929 bits per heavy atom. The molecule has 7 heteroatoms. The highest BCUT2D eigenvalue weighted by molar-refractivity contribution is 5.95. The predicted octanol–water partition coefficient (Wildman–Crippen LogP) is 3.76. The number of ether oxygens (including phenoxy) is 1. The SMILES string of the molecule is COc1ccc(-n2c(C)c(C)c3c2ncn2nc(-c4ccncc4)nc32)cc1. The van der Waals surface area contributed by atoms with E-state index in [1.165, 1.54) is 0 Å². The molecule has 0 amide bonds. The largest absolute Gasteiger partial charge is 0.497 e. The van der Waals surface area contributed by atoms with Crippen molar-refractivity contribution in [2.45, 2.75) is 13.8 Å². The van der Waals surface area contributed by atoms with Gasteiger partial charge < -0.3 is 4.74 Å². The number of aryl methyl sites for hydroxylation is 1. The van der Waals surface area contributed by atoms with Crippen LogP contribution in [0.5, 0.6) is 5.75 Å². The first-order valence-electron chi connectivity index (χ1n) is 8.95. The van der Waals surface area contributed by atoms with Crippen LogP contribution in [0.15, 0.2) is 55.1 Å². The topological polar surface area (TPSA) is 70.1 Å². The van der Waals surface area contributed by atoms with Gasteiger partial charge >= 0.3 is 0 Å². The van der Waals surface area contributed by atoms with Crippen LogP contribution in [-0.2, 0) is 0 Å². The number of methoxy groups -OCH3 is 1. The summed E-state index contributed by atoms with van der Waals surface area (Å²) in [5, 5.41) is 5.60. The second-order valence-electron chi connectivity index (χ2n) is 6.63. The van der Waals surface area contributed by atoms with Gasteiger partial charge in [-0.25, -0.2) is 14.5 Å². The van der Waals surface area contributed by atoms with Gasteiger partial charge in [-0.2, -0.15) is 0 Å². The molecule has 0 aliphatic carbocycles. The lowest BCUT2D eigenvalue weighted by Gasteiger charge is -2.08. The van der Waals surface area contributed by atoms with Crippen molar-refractivity contribution in [2.75, 3.05) is 7.11 Å². The average molecular weight is 370 g/mol. The zero-order chi connectivity index (χ0) is 19.3. The van der Waals surface area contributed by atoms with Crippen molar-refractivity contribution >= 4 is 16.7 Å². The van der Waals surface area contributed by atoms with Crippen LogP contribution in [0, 0.1) is 13.8 Å². The Labute approximate surface area is 161 Å². The van der Waals surface area contributed by atoms with Gasteiger partial charge in [-0.15, -0.1) is 5.10 Å². The quantitative estimate of drug-likeness (QED) is 0.484. The number of hydrogen-bond donors (Lipinski definition) is 0. The highest BCUT2D eigenvalue weighted by Gasteiger charge is 2.19. The molecule has 5 rings (SSSR count). The molecule has 7 nitrogen and oxygen atoms in total. The van der Waals surface area contributed by atoms with Crippen LogP contribution in [0.2, 0.25) is 0 Å². The lowest BCUT2D eigenvalue weighted by atomic mass is 10.2. The molecule has 0 N–H and O–H groups in total. The summed E-state index contributed by atoms with van der Waals surface area (Å²) in [6, 6.07) is 11.8. The average Bonchev–Trinajstić information content (AvgIpc) is 3.28. The number of hydrogen-bond acceptors (Lipinski definition) is 5. The summed E-state index contributed by atoms with van der Waals surface area (Å²) in [6.07, 6.45) is 5.20. The molecule has 0 saturated carbocycles. The predicted molar refractivity (Wildman–Crippen MR) is 107 cm³/mol. The van der Waals surface area contributed by atoms with Gasteiger partial charge in [0, 0.05) is 29.3 Å². The highest BCUT2D eigenvalue weighted by atomic mass is 16.5. The molecule has 0 fully saturated rings. The molecular formula is C21H18N6O. The molecule has 0 aliphatic rings. The first-order chi connectivity index (χ1) is 13.7. The minimum atomic E-state index is 0.658.